The van der Waals surface area contributed by atoms with E-state index in [9.17, 15) is 4.79 Å². The zero-order valence-electron chi connectivity index (χ0n) is 17.8. The number of hydrogen-bond donors (Lipinski definition) is 3. The summed E-state index contributed by atoms with van der Waals surface area (Å²) in [7, 11) is 0. The average Bonchev–Trinajstić information content (AvgIpc) is 2.82. The van der Waals surface area contributed by atoms with Gasteiger partial charge in [-0.2, -0.15) is 5.10 Å². The van der Waals surface area contributed by atoms with Crippen LogP contribution in [0.5, 0.6) is 0 Å². The van der Waals surface area contributed by atoms with Crippen LogP contribution in [0.4, 0.5) is 0 Å². The normalized spacial score (nSPS) is 18.7. The van der Waals surface area contributed by atoms with Crippen molar-refractivity contribution < 1.29 is 14.6 Å². The lowest BCUT2D eigenvalue weighted by atomic mass is 10.0. The third kappa shape index (κ3) is 6.35. The molecule has 0 radical (unpaired) electrons. The van der Waals surface area contributed by atoms with E-state index in [1.165, 1.54) is 21.6 Å². The molecular formula is C26H30N4O+2. The van der Waals surface area contributed by atoms with E-state index >= 15 is 0 Å². The Hall–Kier alpha value is -3.28. The summed E-state index contributed by atoms with van der Waals surface area (Å²) in [5.41, 5.74) is 7.38. The Morgan fingerprint density at radius 2 is 1.35 bits per heavy atom. The fourth-order valence-corrected chi connectivity index (χ4v) is 4.03. The van der Waals surface area contributed by atoms with E-state index in [0.29, 0.717) is 6.54 Å². The molecule has 1 fully saturated rings. The number of hydrogen-bond acceptors (Lipinski definition) is 2. The first-order valence-corrected chi connectivity index (χ1v) is 10.9. The van der Waals surface area contributed by atoms with E-state index in [1.54, 1.807) is 11.1 Å². The summed E-state index contributed by atoms with van der Waals surface area (Å²) in [6.45, 7) is 5.75. The summed E-state index contributed by atoms with van der Waals surface area (Å²) >= 11 is 0. The Labute approximate surface area is 184 Å². The number of piperazine rings is 1. The van der Waals surface area contributed by atoms with Gasteiger partial charge in [-0.3, -0.25) is 4.79 Å². The first kappa shape index (κ1) is 21.0. The molecule has 5 heteroatoms. The van der Waals surface area contributed by atoms with E-state index < -0.39 is 0 Å². The second kappa shape index (κ2) is 10.7. The van der Waals surface area contributed by atoms with Gasteiger partial charge in [-0.25, -0.2) is 5.43 Å². The van der Waals surface area contributed by atoms with Crippen LogP contribution in [0.15, 0.2) is 90.0 Å². The number of rotatable bonds is 7. The molecule has 31 heavy (non-hydrogen) atoms. The van der Waals surface area contributed by atoms with Gasteiger partial charge in [-0.1, -0.05) is 84.9 Å². The van der Waals surface area contributed by atoms with Crippen LogP contribution in [0, 0.1) is 0 Å². The highest BCUT2D eigenvalue weighted by Gasteiger charge is 2.24. The third-order valence-corrected chi connectivity index (χ3v) is 5.79. The molecule has 0 aromatic heterocycles. The molecule has 0 aliphatic carbocycles. The quantitative estimate of drug-likeness (QED) is 0.389. The highest BCUT2D eigenvalue weighted by molar-refractivity contribution is 5.83. The number of nitrogens with zero attached hydrogens (tertiary/aromatic N) is 1. The molecule has 0 atom stereocenters. The van der Waals surface area contributed by atoms with Gasteiger partial charge >= 0.3 is 0 Å². The maximum atomic E-state index is 12.3. The minimum Gasteiger partial charge on any atom is -0.322 e. The second-order valence-electron chi connectivity index (χ2n) is 8.12. The van der Waals surface area contributed by atoms with Crippen LogP contribution >= 0.6 is 0 Å². The fourth-order valence-electron chi connectivity index (χ4n) is 4.03. The van der Waals surface area contributed by atoms with Gasteiger partial charge in [0, 0.05) is 5.56 Å². The molecule has 158 valence electrons. The first-order valence-electron chi connectivity index (χ1n) is 10.9. The lowest BCUT2D eigenvalue weighted by Gasteiger charge is -2.29. The molecule has 0 saturated carbocycles. The van der Waals surface area contributed by atoms with Crippen molar-refractivity contribution in [2.45, 2.75) is 6.54 Å². The van der Waals surface area contributed by atoms with Crippen LogP contribution in [0.2, 0.25) is 0 Å². The number of quaternary nitrogens is 2. The van der Waals surface area contributed by atoms with E-state index in [2.05, 4.69) is 65.1 Å². The number of hydrazone groups is 1. The molecule has 5 nitrogen and oxygen atoms in total. The van der Waals surface area contributed by atoms with Crippen LogP contribution in [0.1, 0.15) is 11.1 Å². The van der Waals surface area contributed by atoms with Gasteiger partial charge in [0.25, 0.3) is 5.91 Å². The summed E-state index contributed by atoms with van der Waals surface area (Å²) in [4.78, 5) is 15.2. The van der Waals surface area contributed by atoms with E-state index in [1.807, 2.05) is 30.3 Å². The predicted octanol–water partition coefficient (Wildman–Crippen LogP) is 0.787. The number of carbonyl (C=O) groups excluding carboxylic acids is 1. The van der Waals surface area contributed by atoms with Crippen LogP contribution in [0.3, 0.4) is 0 Å². The Bertz CT molecular complexity index is 979. The van der Waals surface area contributed by atoms with Crippen molar-refractivity contribution >= 4 is 12.1 Å². The van der Waals surface area contributed by atoms with Crippen molar-refractivity contribution in [3.05, 3.63) is 96.1 Å². The zero-order valence-corrected chi connectivity index (χ0v) is 17.8. The molecule has 3 aromatic rings. The van der Waals surface area contributed by atoms with Crippen LogP contribution in [0.25, 0.3) is 11.1 Å². The van der Waals surface area contributed by atoms with Crippen molar-refractivity contribution in [2.24, 2.45) is 5.10 Å². The molecule has 1 aliphatic heterocycles. The number of carbonyl (C=O) groups is 1. The molecule has 0 spiro atoms. The van der Waals surface area contributed by atoms with Gasteiger partial charge in [0.05, 0.1) is 6.21 Å². The molecular weight excluding hydrogens is 384 g/mol. The number of nitrogens with one attached hydrogen (secondary N) is 3. The van der Waals surface area contributed by atoms with Crippen molar-refractivity contribution in [3.8, 4) is 11.1 Å². The van der Waals surface area contributed by atoms with Gasteiger partial charge in [-0.05, 0) is 16.7 Å². The van der Waals surface area contributed by atoms with E-state index in [4.69, 9.17) is 0 Å². The molecule has 4 rings (SSSR count). The van der Waals surface area contributed by atoms with Crippen LogP contribution < -0.4 is 15.2 Å². The lowest BCUT2D eigenvalue weighted by molar-refractivity contribution is -1.02. The van der Waals surface area contributed by atoms with Gasteiger partial charge in [0.15, 0.2) is 6.54 Å². The van der Waals surface area contributed by atoms with Gasteiger partial charge in [-0.15, -0.1) is 0 Å². The molecule has 3 aromatic carbocycles. The largest absolute Gasteiger partial charge is 0.322 e. The molecule has 0 bridgehead atoms. The molecule has 3 N–H and O–H groups in total. The molecule has 0 unspecified atom stereocenters. The van der Waals surface area contributed by atoms with Gasteiger partial charge < -0.3 is 9.80 Å². The minimum atomic E-state index is -0.0290. The Balaban J connectivity index is 1.19. The van der Waals surface area contributed by atoms with Crippen molar-refractivity contribution in [2.75, 3.05) is 32.7 Å². The molecule has 1 aliphatic rings. The van der Waals surface area contributed by atoms with E-state index in [0.717, 1.165) is 38.3 Å². The average molecular weight is 415 g/mol. The fraction of sp³-hybridized carbons (Fsp3) is 0.231. The zero-order chi connectivity index (χ0) is 21.3. The Kier molecular flexibility index (Phi) is 7.21. The van der Waals surface area contributed by atoms with Crippen molar-refractivity contribution in [1.82, 2.24) is 5.43 Å². The predicted molar refractivity (Wildman–Crippen MR) is 124 cm³/mol. The number of amides is 1. The van der Waals surface area contributed by atoms with Crippen LogP contribution in [-0.2, 0) is 11.3 Å². The SMILES string of the molecule is O=C(C[NH+]1CC[NH+](Cc2ccccc2)CC1)N/N=C\c1ccc(-c2ccccc2)cc1. The maximum Gasteiger partial charge on any atom is 0.295 e. The van der Waals surface area contributed by atoms with Crippen molar-refractivity contribution in [1.29, 1.82) is 0 Å². The first-order chi connectivity index (χ1) is 15.3. The molecule has 1 heterocycles. The molecule has 1 amide bonds. The second-order valence-corrected chi connectivity index (χ2v) is 8.12. The van der Waals surface area contributed by atoms with Gasteiger partial charge in [0.2, 0.25) is 0 Å². The Morgan fingerprint density at radius 1 is 0.774 bits per heavy atom. The summed E-state index contributed by atoms with van der Waals surface area (Å²) < 4.78 is 0. The monoisotopic (exact) mass is 414 g/mol. The standard InChI is InChI=1S/C26H28N4O/c31-26(21-30-17-15-29(16-18-30)20-23-7-3-1-4-8-23)28-27-19-22-11-13-25(14-12-22)24-9-5-2-6-10-24/h1-14,19H,15-18,20-21H2,(H,28,31)/p+2/b27-19-. The van der Waals surface area contributed by atoms with Gasteiger partial charge in [0.1, 0.15) is 32.7 Å². The Morgan fingerprint density at radius 3 is 2.03 bits per heavy atom. The third-order valence-electron chi connectivity index (χ3n) is 5.79. The highest BCUT2D eigenvalue weighted by Crippen LogP contribution is 2.18. The number of benzene rings is 3. The highest BCUT2D eigenvalue weighted by atomic mass is 16.2. The van der Waals surface area contributed by atoms with E-state index in [-0.39, 0.29) is 5.91 Å². The maximum absolute atomic E-state index is 12.3. The summed E-state index contributed by atoms with van der Waals surface area (Å²) in [5, 5.41) is 4.14. The summed E-state index contributed by atoms with van der Waals surface area (Å²) in [5.74, 6) is -0.0290. The summed E-state index contributed by atoms with van der Waals surface area (Å²) in [6.07, 6.45) is 1.70. The summed E-state index contributed by atoms with van der Waals surface area (Å²) in [6, 6.07) is 29.1. The molecule has 1 saturated heterocycles. The minimum absolute atomic E-state index is 0.0290. The lowest BCUT2D eigenvalue weighted by Crippen LogP contribution is -3.28. The van der Waals surface area contributed by atoms with Crippen molar-refractivity contribution in [3.63, 3.8) is 0 Å². The van der Waals surface area contributed by atoms with Crippen LogP contribution in [-0.4, -0.2) is 44.8 Å². The smallest absolute Gasteiger partial charge is 0.295 e. The topological polar surface area (TPSA) is 50.3 Å².